The van der Waals surface area contributed by atoms with Gasteiger partial charge in [-0.3, -0.25) is 0 Å². The summed E-state index contributed by atoms with van der Waals surface area (Å²) in [6, 6.07) is 0. The Bertz CT molecular complexity index is 405. The number of unbranched alkanes of at least 4 members (excludes halogenated alkanes) is 1. The minimum Gasteiger partial charge on any atom is -0.504 e. The largest absolute Gasteiger partial charge is 0.504 e. The number of phenols is 1. The summed E-state index contributed by atoms with van der Waals surface area (Å²) < 4.78 is 6.26. The quantitative estimate of drug-likeness (QED) is 0.822. The smallest absolute Gasteiger partial charge is 0.164 e. The van der Waals surface area contributed by atoms with E-state index in [0.29, 0.717) is 12.3 Å². The molecule has 1 rings (SSSR count). The Morgan fingerprint density at radius 2 is 1.88 bits per heavy atom. The van der Waals surface area contributed by atoms with Crippen LogP contribution in [0.2, 0.25) is 0 Å². The van der Waals surface area contributed by atoms with E-state index in [0.717, 1.165) is 40.4 Å². The van der Waals surface area contributed by atoms with Crippen molar-refractivity contribution in [1.82, 2.24) is 0 Å². The highest BCUT2D eigenvalue weighted by atomic mass is 79.9. The van der Waals surface area contributed by atoms with Gasteiger partial charge in [0, 0.05) is 15.6 Å². The Kier molecular flexibility index (Phi) is 5.28. The molecule has 0 aliphatic rings. The minimum atomic E-state index is 0.266. The molecule has 96 valence electrons. The third kappa shape index (κ3) is 2.93. The van der Waals surface area contributed by atoms with Crippen molar-refractivity contribution in [1.29, 1.82) is 0 Å². The number of ether oxygens (including phenoxy) is 1. The topological polar surface area (TPSA) is 55.5 Å². The van der Waals surface area contributed by atoms with Crippen LogP contribution in [-0.2, 0) is 6.42 Å². The number of nitrogens with two attached hydrogens (primary N) is 1. The van der Waals surface area contributed by atoms with E-state index in [9.17, 15) is 5.11 Å². The van der Waals surface area contributed by atoms with Crippen molar-refractivity contribution in [3.05, 3.63) is 21.2 Å². The number of hydrogen-bond acceptors (Lipinski definition) is 3. The summed E-state index contributed by atoms with van der Waals surface area (Å²) >= 11 is 3.55. The van der Waals surface area contributed by atoms with Crippen LogP contribution >= 0.6 is 15.9 Å². The lowest BCUT2D eigenvalue weighted by Gasteiger charge is -2.17. The molecular formula is C13H20BrNO2. The maximum Gasteiger partial charge on any atom is 0.164 e. The lowest BCUT2D eigenvalue weighted by Crippen LogP contribution is -2.02. The first kappa shape index (κ1) is 14.3. The number of methoxy groups -OCH3 is 1. The molecule has 1 aromatic carbocycles. The van der Waals surface area contributed by atoms with E-state index in [1.165, 1.54) is 0 Å². The molecule has 3 N–H and O–H groups in total. The lowest BCUT2D eigenvalue weighted by atomic mass is 9.98. The van der Waals surface area contributed by atoms with E-state index in [1.807, 2.05) is 13.8 Å². The molecule has 1 aromatic rings. The zero-order valence-electron chi connectivity index (χ0n) is 10.6. The molecule has 0 fully saturated rings. The first-order chi connectivity index (χ1) is 8.04. The van der Waals surface area contributed by atoms with Gasteiger partial charge in [-0.1, -0.05) is 15.9 Å². The normalized spacial score (nSPS) is 10.6. The molecule has 0 unspecified atom stereocenters. The Morgan fingerprint density at radius 1 is 1.24 bits per heavy atom. The van der Waals surface area contributed by atoms with Crippen molar-refractivity contribution in [3.8, 4) is 11.5 Å². The predicted octanol–water partition coefficient (Wildman–Crippen LogP) is 3.06. The summed E-state index contributed by atoms with van der Waals surface area (Å²) in [5.74, 6) is 0.827. The van der Waals surface area contributed by atoms with Crippen LogP contribution in [0.1, 0.15) is 29.5 Å². The molecule has 0 radical (unpaired) electrons. The average molecular weight is 302 g/mol. The summed E-state index contributed by atoms with van der Waals surface area (Å²) in [7, 11) is 1.58. The molecule has 0 aromatic heterocycles. The van der Waals surface area contributed by atoms with Crippen LogP contribution in [0.4, 0.5) is 0 Å². The van der Waals surface area contributed by atoms with Crippen molar-refractivity contribution in [2.45, 2.75) is 33.1 Å². The Balaban J connectivity index is 3.15. The second-order valence-corrected chi connectivity index (χ2v) is 4.96. The van der Waals surface area contributed by atoms with Crippen LogP contribution in [0, 0.1) is 13.8 Å². The molecule has 0 aliphatic carbocycles. The van der Waals surface area contributed by atoms with E-state index in [1.54, 1.807) is 7.11 Å². The van der Waals surface area contributed by atoms with Crippen LogP contribution < -0.4 is 10.5 Å². The number of phenolic OH excluding ortho intramolecular Hbond substituents is 1. The van der Waals surface area contributed by atoms with E-state index in [-0.39, 0.29) is 5.75 Å². The molecule has 0 saturated carbocycles. The summed E-state index contributed by atoms with van der Waals surface area (Å²) in [4.78, 5) is 0. The highest BCUT2D eigenvalue weighted by Crippen LogP contribution is 2.41. The number of rotatable bonds is 5. The van der Waals surface area contributed by atoms with Crippen molar-refractivity contribution in [2.75, 3.05) is 13.7 Å². The number of halogens is 1. The fourth-order valence-corrected chi connectivity index (χ4v) is 2.43. The fourth-order valence-electron chi connectivity index (χ4n) is 2.01. The monoisotopic (exact) mass is 301 g/mol. The van der Waals surface area contributed by atoms with Crippen LogP contribution in [0.25, 0.3) is 0 Å². The highest BCUT2D eigenvalue weighted by Gasteiger charge is 2.18. The molecule has 0 spiro atoms. The first-order valence-electron chi connectivity index (χ1n) is 5.79. The molecule has 4 heteroatoms. The molecule has 0 aliphatic heterocycles. The third-order valence-corrected chi connectivity index (χ3v) is 4.23. The maximum atomic E-state index is 10.2. The van der Waals surface area contributed by atoms with Gasteiger partial charge in [-0.25, -0.2) is 0 Å². The Labute approximate surface area is 111 Å². The van der Waals surface area contributed by atoms with E-state index in [4.69, 9.17) is 10.5 Å². The van der Waals surface area contributed by atoms with Gasteiger partial charge in [-0.2, -0.15) is 0 Å². The summed E-state index contributed by atoms with van der Waals surface area (Å²) in [5, 5.41) is 10.2. The van der Waals surface area contributed by atoms with Crippen molar-refractivity contribution >= 4 is 15.9 Å². The van der Waals surface area contributed by atoms with E-state index >= 15 is 0 Å². The van der Waals surface area contributed by atoms with Gasteiger partial charge in [0.05, 0.1) is 7.11 Å². The molecule has 0 saturated heterocycles. The zero-order chi connectivity index (χ0) is 13.0. The number of aromatic hydroxyl groups is 1. The molecule has 0 amide bonds. The summed E-state index contributed by atoms with van der Waals surface area (Å²) in [6.07, 6.45) is 2.76. The number of hydrogen-bond donors (Lipinski definition) is 2. The fraction of sp³-hybridized carbons (Fsp3) is 0.538. The second kappa shape index (κ2) is 6.26. The van der Waals surface area contributed by atoms with Crippen molar-refractivity contribution < 1.29 is 9.84 Å². The van der Waals surface area contributed by atoms with Gasteiger partial charge in [0.15, 0.2) is 11.5 Å². The Hall–Kier alpha value is -0.740. The van der Waals surface area contributed by atoms with E-state index in [2.05, 4.69) is 15.9 Å². The second-order valence-electron chi connectivity index (χ2n) is 4.17. The van der Waals surface area contributed by atoms with E-state index < -0.39 is 0 Å². The van der Waals surface area contributed by atoms with Gasteiger partial charge < -0.3 is 15.6 Å². The highest BCUT2D eigenvalue weighted by molar-refractivity contribution is 9.10. The number of benzene rings is 1. The van der Waals surface area contributed by atoms with Crippen LogP contribution in [0.15, 0.2) is 4.47 Å². The standard InChI is InChI=1S/C13H20BrNO2/c1-8-10(6-4-5-7-15)12(16)13(17-3)9(2)11(8)14/h16H,4-7,15H2,1-3H3. The van der Waals surface area contributed by atoms with Gasteiger partial charge in [0.1, 0.15) is 0 Å². The molecular weight excluding hydrogens is 282 g/mol. The van der Waals surface area contributed by atoms with Crippen LogP contribution in [-0.4, -0.2) is 18.8 Å². The Morgan fingerprint density at radius 3 is 2.41 bits per heavy atom. The molecule has 0 heterocycles. The first-order valence-corrected chi connectivity index (χ1v) is 6.58. The summed E-state index contributed by atoms with van der Waals surface area (Å²) in [6.45, 7) is 4.62. The molecule has 0 bridgehead atoms. The molecule has 3 nitrogen and oxygen atoms in total. The van der Waals surface area contributed by atoms with Crippen molar-refractivity contribution in [3.63, 3.8) is 0 Å². The van der Waals surface area contributed by atoms with Crippen LogP contribution in [0.5, 0.6) is 11.5 Å². The zero-order valence-corrected chi connectivity index (χ0v) is 12.2. The average Bonchev–Trinajstić information content (AvgIpc) is 2.32. The van der Waals surface area contributed by atoms with Gasteiger partial charge in [-0.05, 0) is 45.2 Å². The van der Waals surface area contributed by atoms with Gasteiger partial charge in [-0.15, -0.1) is 0 Å². The summed E-state index contributed by atoms with van der Waals surface area (Å²) in [5.41, 5.74) is 8.45. The lowest BCUT2D eigenvalue weighted by molar-refractivity contribution is 0.367. The maximum absolute atomic E-state index is 10.2. The van der Waals surface area contributed by atoms with Crippen LogP contribution in [0.3, 0.4) is 0 Å². The van der Waals surface area contributed by atoms with Gasteiger partial charge >= 0.3 is 0 Å². The predicted molar refractivity (Wildman–Crippen MR) is 73.8 cm³/mol. The minimum absolute atomic E-state index is 0.266. The van der Waals surface area contributed by atoms with Gasteiger partial charge in [0.25, 0.3) is 0 Å². The molecule has 0 atom stereocenters. The van der Waals surface area contributed by atoms with Crippen molar-refractivity contribution in [2.24, 2.45) is 5.73 Å². The third-order valence-electron chi connectivity index (χ3n) is 3.04. The SMILES string of the molecule is COc1c(C)c(Br)c(C)c(CCCCN)c1O. The van der Waals surface area contributed by atoms with Gasteiger partial charge in [0.2, 0.25) is 0 Å². The molecule has 17 heavy (non-hydrogen) atoms.